The van der Waals surface area contributed by atoms with Crippen LogP contribution in [0.3, 0.4) is 0 Å². The third kappa shape index (κ3) is 2.53. The van der Waals surface area contributed by atoms with Gasteiger partial charge in [0.15, 0.2) is 0 Å². The van der Waals surface area contributed by atoms with Gasteiger partial charge in [0.25, 0.3) is 0 Å². The normalized spacial score (nSPS) is 31.9. The minimum atomic E-state index is 0.354. The zero-order valence-corrected chi connectivity index (χ0v) is 11.1. The first-order valence-corrected chi connectivity index (χ1v) is 6.19. The summed E-state index contributed by atoms with van der Waals surface area (Å²) < 4.78 is 0. The Morgan fingerprint density at radius 1 is 1.47 bits per heavy atom. The van der Waals surface area contributed by atoms with Gasteiger partial charge < -0.3 is 0 Å². The fourth-order valence-corrected chi connectivity index (χ4v) is 2.91. The van der Waals surface area contributed by atoms with Crippen LogP contribution in [-0.2, 0) is 0 Å². The SMILES string of the molecule is C=CC1(C)CCC(=C(C)C)CC1C(C)C. The smallest absolute Gasteiger partial charge is 0.0112 e. The topological polar surface area (TPSA) is 0 Å². The van der Waals surface area contributed by atoms with Gasteiger partial charge >= 0.3 is 0 Å². The van der Waals surface area contributed by atoms with E-state index in [1.165, 1.54) is 24.8 Å². The van der Waals surface area contributed by atoms with Crippen molar-refractivity contribution >= 4 is 0 Å². The fraction of sp³-hybridized carbons (Fsp3) is 0.733. The second-order valence-corrected chi connectivity index (χ2v) is 5.87. The van der Waals surface area contributed by atoms with Crippen LogP contribution in [-0.4, -0.2) is 0 Å². The summed E-state index contributed by atoms with van der Waals surface area (Å²) in [6.07, 6.45) is 6.02. The van der Waals surface area contributed by atoms with Gasteiger partial charge in [-0.3, -0.25) is 0 Å². The maximum atomic E-state index is 4.04. The molecular formula is C15H26. The van der Waals surface area contributed by atoms with Gasteiger partial charge in [-0.15, -0.1) is 6.58 Å². The van der Waals surface area contributed by atoms with Gasteiger partial charge in [-0.25, -0.2) is 0 Å². The maximum Gasteiger partial charge on any atom is -0.0112 e. The number of allylic oxidation sites excluding steroid dienone is 3. The summed E-state index contributed by atoms with van der Waals surface area (Å²) in [4.78, 5) is 0. The molecule has 0 bridgehead atoms. The molecule has 0 aliphatic heterocycles. The average Bonchev–Trinajstić information content (AvgIpc) is 2.17. The molecule has 0 aromatic carbocycles. The van der Waals surface area contributed by atoms with Crippen molar-refractivity contribution in [1.29, 1.82) is 0 Å². The molecule has 1 aliphatic carbocycles. The highest BCUT2D eigenvalue weighted by Gasteiger charge is 2.37. The summed E-state index contributed by atoms with van der Waals surface area (Å²) in [6, 6.07) is 0. The highest BCUT2D eigenvalue weighted by molar-refractivity contribution is 5.17. The quantitative estimate of drug-likeness (QED) is 0.559. The third-order valence-corrected chi connectivity index (χ3v) is 4.26. The van der Waals surface area contributed by atoms with Crippen molar-refractivity contribution in [1.82, 2.24) is 0 Å². The maximum absolute atomic E-state index is 4.04. The first-order chi connectivity index (χ1) is 6.90. The Labute approximate surface area is 95.5 Å². The van der Waals surface area contributed by atoms with Crippen LogP contribution in [0.2, 0.25) is 0 Å². The Morgan fingerprint density at radius 2 is 2.07 bits per heavy atom. The second-order valence-electron chi connectivity index (χ2n) is 5.87. The van der Waals surface area contributed by atoms with Crippen LogP contribution in [0.5, 0.6) is 0 Å². The van der Waals surface area contributed by atoms with Gasteiger partial charge in [-0.1, -0.05) is 38.0 Å². The highest BCUT2D eigenvalue weighted by atomic mass is 14.4. The van der Waals surface area contributed by atoms with Crippen LogP contribution in [0.25, 0.3) is 0 Å². The Balaban J connectivity index is 2.93. The van der Waals surface area contributed by atoms with Crippen LogP contribution < -0.4 is 0 Å². The molecule has 0 spiro atoms. The Morgan fingerprint density at radius 3 is 2.47 bits per heavy atom. The zero-order valence-electron chi connectivity index (χ0n) is 11.1. The molecule has 2 unspecified atom stereocenters. The molecule has 0 aromatic rings. The summed E-state index contributed by atoms with van der Waals surface area (Å²) in [5.74, 6) is 1.52. The predicted molar refractivity (Wildman–Crippen MR) is 68.9 cm³/mol. The second kappa shape index (κ2) is 4.55. The molecule has 0 heteroatoms. The van der Waals surface area contributed by atoms with Crippen molar-refractivity contribution in [3.05, 3.63) is 23.8 Å². The van der Waals surface area contributed by atoms with E-state index in [2.05, 4.69) is 47.3 Å². The van der Waals surface area contributed by atoms with Crippen molar-refractivity contribution in [2.45, 2.75) is 53.9 Å². The fourth-order valence-electron chi connectivity index (χ4n) is 2.91. The molecule has 0 N–H and O–H groups in total. The lowest BCUT2D eigenvalue weighted by Crippen LogP contribution is -2.33. The molecule has 86 valence electrons. The minimum Gasteiger partial charge on any atom is -0.103 e. The Bertz CT molecular complexity index is 266. The molecule has 0 nitrogen and oxygen atoms in total. The van der Waals surface area contributed by atoms with Gasteiger partial charge in [-0.2, -0.15) is 0 Å². The van der Waals surface area contributed by atoms with Gasteiger partial charge in [0.2, 0.25) is 0 Å². The van der Waals surface area contributed by atoms with E-state index < -0.39 is 0 Å². The van der Waals surface area contributed by atoms with Crippen molar-refractivity contribution in [2.75, 3.05) is 0 Å². The van der Waals surface area contributed by atoms with E-state index in [0.717, 1.165) is 11.8 Å². The minimum absolute atomic E-state index is 0.354. The molecule has 1 fully saturated rings. The van der Waals surface area contributed by atoms with Crippen LogP contribution in [0, 0.1) is 17.3 Å². The lowest BCUT2D eigenvalue weighted by molar-refractivity contribution is 0.151. The molecular weight excluding hydrogens is 180 g/mol. The van der Waals surface area contributed by atoms with Gasteiger partial charge in [0, 0.05) is 0 Å². The van der Waals surface area contributed by atoms with E-state index in [9.17, 15) is 0 Å². The van der Waals surface area contributed by atoms with E-state index in [4.69, 9.17) is 0 Å². The molecule has 2 atom stereocenters. The van der Waals surface area contributed by atoms with Crippen molar-refractivity contribution in [3.8, 4) is 0 Å². The molecule has 1 rings (SSSR count). The van der Waals surface area contributed by atoms with E-state index >= 15 is 0 Å². The summed E-state index contributed by atoms with van der Waals surface area (Å²) in [5.41, 5.74) is 3.58. The van der Waals surface area contributed by atoms with E-state index in [0.29, 0.717) is 5.41 Å². The highest BCUT2D eigenvalue weighted by Crippen LogP contribution is 2.47. The summed E-state index contributed by atoms with van der Waals surface area (Å²) in [5, 5.41) is 0. The van der Waals surface area contributed by atoms with E-state index in [1.807, 2.05) is 0 Å². The van der Waals surface area contributed by atoms with Gasteiger partial charge in [0.05, 0.1) is 0 Å². The number of hydrogen-bond donors (Lipinski definition) is 0. The molecule has 1 aliphatic rings. The van der Waals surface area contributed by atoms with Gasteiger partial charge in [0.1, 0.15) is 0 Å². The Hall–Kier alpha value is -0.520. The standard InChI is InChI=1S/C15H26/c1-7-15(6)9-8-13(11(2)3)10-14(15)12(4)5/h7,12,14H,1,8-10H2,2-6H3. The third-order valence-electron chi connectivity index (χ3n) is 4.26. The lowest BCUT2D eigenvalue weighted by atomic mass is 9.62. The largest absolute Gasteiger partial charge is 0.103 e. The van der Waals surface area contributed by atoms with Crippen LogP contribution >= 0.6 is 0 Å². The molecule has 15 heavy (non-hydrogen) atoms. The number of rotatable bonds is 2. The summed E-state index contributed by atoms with van der Waals surface area (Å²) in [6.45, 7) is 15.6. The van der Waals surface area contributed by atoms with Crippen LogP contribution in [0.1, 0.15) is 53.9 Å². The first-order valence-electron chi connectivity index (χ1n) is 6.19. The van der Waals surface area contributed by atoms with E-state index in [-0.39, 0.29) is 0 Å². The number of hydrogen-bond acceptors (Lipinski definition) is 0. The van der Waals surface area contributed by atoms with Crippen molar-refractivity contribution in [3.63, 3.8) is 0 Å². The van der Waals surface area contributed by atoms with E-state index in [1.54, 1.807) is 5.57 Å². The lowest BCUT2D eigenvalue weighted by Gasteiger charge is -2.43. The molecule has 1 saturated carbocycles. The van der Waals surface area contributed by atoms with Crippen molar-refractivity contribution in [2.24, 2.45) is 17.3 Å². The van der Waals surface area contributed by atoms with Gasteiger partial charge in [-0.05, 0) is 50.4 Å². The first kappa shape index (κ1) is 12.5. The summed E-state index contributed by atoms with van der Waals surface area (Å²) >= 11 is 0. The zero-order chi connectivity index (χ0) is 11.6. The molecule has 0 aromatic heterocycles. The van der Waals surface area contributed by atoms with Crippen molar-refractivity contribution < 1.29 is 0 Å². The molecule has 0 radical (unpaired) electrons. The summed E-state index contributed by atoms with van der Waals surface area (Å²) in [7, 11) is 0. The monoisotopic (exact) mass is 206 g/mol. The molecule has 0 saturated heterocycles. The van der Waals surface area contributed by atoms with Crippen LogP contribution in [0.4, 0.5) is 0 Å². The average molecular weight is 206 g/mol. The predicted octanol–water partition coefficient (Wildman–Crippen LogP) is 4.97. The molecule has 0 amide bonds. The molecule has 0 heterocycles. The van der Waals surface area contributed by atoms with Crippen LogP contribution in [0.15, 0.2) is 23.8 Å². The Kier molecular flexibility index (Phi) is 3.81.